The number of likely N-dealkylation sites (N-methyl/N-ethyl adjacent to an activating group) is 2. The Morgan fingerprint density at radius 1 is 0.682 bits per heavy atom. The summed E-state index contributed by atoms with van der Waals surface area (Å²) in [5, 5.41) is 0. The topological polar surface area (TPSA) is 6.48 Å². The first-order chi connectivity index (χ1) is 10.6. The van der Waals surface area contributed by atoms with Crippen molar-refractivity contribution in [1.82, 2.24) is 9.80 Å². The van der Waals surface area contributed by atoms with Crippen LogP contribution in [0.3, 0.4) is 0 Å². The number of benzene rings is 2. The van der Waals surface area contributed by atoms with Crippen LogP contribution >= 0.6 is 0 Å². The van der Waals surface area contributed by atoms with Gasteiger partial charge in [0, 0.05) is 25.2 Å². The molecule has 0 unspecified atom stereocenters. The van der Waals surface area contributed by atoms with Crippen LogP contribution in [0, 0.1) is 13.8 Å². The average Bonchev–Trinajstić information content (AvgIpc) is 2.51. The van der Waals surface area contributed by atoms with Crippen LogP contribution in [0.5, 0.6) is 0 Å². The molecule has 0 bridgehead atoms. The lowest BCUT2D eigenvalue weighted by Gasteiger charge is -2.44. The van der Waals surface area contributed by atoms with E-state index in [0.717, 1.165) is 13.1 Å². The van der Waals surface area contributed by atoms with Crippen molar-refractivity contribution in [2.75, 3.05) is 27.2 Å². The summed E-state index contributed by atoms with van der Waals surface area (Å²) in [4.78, 5) is 5.03. The minimum atomic E-state index is 0.478. The van der Waals surface area contributed by atoms with Crippen molar-refractivity contribution in [3.05, 3.63) is 70.8 Å². The number of hydrogen-bond acceptors (Lipinski definition) is 2. The standard InChI is InChI=1S/C20H26N2/c1-15-9-5-7-11-17(15)19-13-22(4)20(14-21(19)3)18-12-8-6-10-16(18)2/h5-12,19-20H,13-14H2,1-4H3/t19-,20-/m0/s1. The molecule has 1 aliphatic heterocycles. The molecule has 2 nitrogen and oxygen atoms in total. The van der Waals surface area contributed by atoms with E-state index in [1.54, 1.807) is 0 Å². The highest BCUT2D eigenvalue weighted by molar-refractivity contribution is 5.32. The van der Waals surface area contributed by atoms with Crippen LogP contribution in [-0.4, -0.2) is 37.0 Å². The Morgan fingerprint density at radius 3 is 1.41 bits per heavy atom. The predicted molar refractivity (Wildman–Crippen MR) is 93.1 cm³/mol. The van der Waals surface area contributed by atoms with Crippen LogP contribution in [0.4, 0.5) is 0 Å². The SMILES string of the molecule is Cc1ccccc1[C@@H]1CN(C)[C@H](c2ccccc2C)CN1C. The Kier molecular flexibility index (Phi) is 4.32. The fourth-order valence-electron chi connectivity index (χ4n) is 3.67. The van der Waals surface area contributed by atoms with Gasteiger partial charge in [-0.1, -0.05) is 48.5 Å². The van der Waals surface area contributed by atoms with E-state index in [-0.39, 0.29) is 0 Å². The molecule has 0 spiro atoms. The highest BCUT2D eigenvalue weighted by Gasteiger charge is 2.32. The largest absolute Gasteiger partial charge is 0.296 e. The van der Waals surface area contributed by atoms with Crippen molar-refractivity contribution >= 4 is 0 Å². The third-order valence-corrected chi connectivity index (χ3v) is 5.08. The van der Waals surface area contributed by atoms with E-state index in [9.17, 15) is 0 Å². The van der Waals surface area contributed by atoms with E-state index in [1.165, 1.54) is 22.3 Å². The van der Waals surface area contributed by atoms with E-state index < -0.39 is 0 Å². The lowest BCUT2D eigenvalue weighted by atomic mass is 9.92. The summed E-state index contributed by atoms with van der Waals surface area (Å²) >= 11 is 0. The maximum absolute atomic E-state index is 2.51. The van der Waals surface area contributed by atoms with Gasteiger partial charge in [0.2, 0.25) is 0 Å². The lowest BCUT2D eigenvalue weighted by molar-refractivity contribution is 0.0618. The molecule has 1 saturated heterocycles. The summed E-state index contributed by atoms with van der Waals surface area (Å²) in [6, 6.07) is 18.5. The maximum atomic E-state index is 2.51. The Balaban J connectivity index is 1.86. The van der Waals surface area contributed by atoms with E-state index in [1.807, 2.05) is 0 Å². The lowest BCUT2D eigenvalue weighted by Crippen LogP contribution is -2.47. The molecular formula is C20H26N2. The van der Waals surface area contributed by atoms with E-state index in [4.69, 9.17) is 0 Å². The normalized spacial score (nSPS) is 23.6. The quantitative estimate of drug-likeness (QED) is 0.827. The highest BCUT2D eigenvalue weighted by atomic mass is 15.3. The first-order valence-corrected chi connectivity index (χ1v) is 8.09. The molecule has 22 heavy (non-hydrogen) atoms. The number of aryl methyl sites for hydroxylation is 2. The van der Waals surface area contributed by atoms with Gasteiger partial charge >= 0.3 is 0 Å². The molecule has 2 heteroatoms. The number of nitrogens with zero attached hydrogens (tertiary/aromatic N) is 2. The van der Waals surface area contributed by atoms with Crippen molar-refractivity contribution in [2.24, 2.45) is 0 Å². The summed E-state index contributed by atoms with van der Waals surface area (Å²) < 4.78 is 0. The van der Waals surface area contributed by atoms with Gasteiger partial charge in [-0.05, 0) is 50.2 Å². The molecule has 2 aromatic carbocycles. The maximum Gasteiger partial charge on any atom is 0.0475 e. The molecule has 0 aromatic heterocycles. The Hall–Kier alpha value is -1.64. The molecule has 0 radical (unpaired) electrons. The van der Waals surface area contributed by atoms with Crippen LogP contribution in [0.2, 0.25) is 0 Å². The van der Waals surface area contributed by atoms with Crippen LogP contribution in [-0.2, 0) is 0 Å². The van der Waals surface area contributed by atoms with Gasteiger partial charge in [0.15, 0.2) is 0 Å². The van der Waals surface area contributed by atoms with Crippen LogP contribution in [0.1, 0.15) is 34.3 Å². The Labute approximate surface area is 134 Å². The summed E-state index contributed by atoms with van der Waals surface area (Å²) in [5.41, 5.74) is 5.70. The smallest absolute Gasteiger partial charge is 0.0475 e. The molecule has 116 valence electrons. The summed E-state index contributed by atoms with van der Waals surface area (Å²) in [7, 11) is 4.52. The number of piperazine rings is 1. The van der Waals surface area contributed by atoms with Crippen molar-refractivity contribution in [2.45, 2.75) is 25.9 Å². The van der Waals surface area contributed by atoms with Crippen molar-refractivity contribution in [3.8, 4) is 0 Å². The van der Waals surface area contributed by atoms with Crippen LogP contribution in [0.25, 0.3) is 0 Å². The van der Waals surface area contributed by atoms with Gasteiger partial charge in [0.1, 0.15) is 0 Å². The minimum absolute atomic E-state index is 0.478. The molecule has 1 aliphatic rings. The zero-order valence-electron chi connectivity index (χ0n) is 14.1. The first kappa shape index (κ1) is 15.3. The molecule has 2 aromatic rings. The molecule has 1 heterocycles. The van der Waals surface area contributed by atoms with Gasteiger partial charge in [-0.25, -0.2) is 0 Å². The number of rotatable bonds is 2. The van der Waals surface area contributed by atoms with Crippen molar-refractivity contribution in [1.29, 1.82) is 0 Å². The Morgan fingerprint density at radius 2 is 1.05 bits per heavy atom. The minimum Gasteiger partial charge on any atom is -0.296 e. The zero-order chi connectivity index (χ0) is 15.7. The fraction of sp³-hybridized carbons (Fsp3) is 0.400. The third kappa shape index (κ3) is 2.81. The highest BCUT2D eigenvalue weighted by Crippen LogP contribution is 2.34. The summed E-state index contributed by atoms with van der Waals surface area (Å²) in [5.74, 6) is 0. The van der Waals surface area contributed by atoms with Crippen molar-refractivity contribution < 1.29 is 0 Å². The predicted octanol–water partition coefficient (Wildman–Crippen LogP) is 3.96. The second kappa shape index (κ2) is 6.23. The molecule has 3 rings (SSSR count). The van der Waals surface area contributed by atoms with E-state index in [2.05, 4.69) is 86.3 Å². The van der Waals surface area contributed by atoms with Gasteiger partial charge in [-0.15, -0.1) is 0 Å². The van der Waals surface area contributed by atoms with E-state index >= 15 is 0 Å². The van der Waals surface area contributed by atoms with E-state index in [0.29, 0.717) is 12.1 Å². The Bertz CT molecular complexity index is 592. The van der Waals surface area contributed by atoms with Gasteiger partial charge in [-0.3, -0.25) is 9.80 Å². The zero-order valence-corrected chi connectivity index (χ0v) is 14.1. The van der Waals surface area contributed by atoms with Gasteiger partial charge in [-0.2, -0.15) is 0 Å². The molecule has 0 amide bonds. The second-order valence-corrected chi connectivity index (χ2v) is 6.62. The molecule has 2 atom stereocenters. The fourth-order valence-corrected chi connectivity index (χ4v) is 3.67. The van der Waals surface area contributed by atoms with Gasteiger partial charge in [0.25, 0.3) is 0 Å². The molecular weight excluding hydrogens is 268 g/mol. The third-order valence-electron chi connectivity index (χ3n) is 5.08. The molecule has 1 fully saturated rings. The molecule has 0 aliphatic carbocycles. The van der Waals surface area contributed by atoms with Gasteiger partial charge in [0.05, 0.1) is 0 Å². The van der Waals surface area contributed by atoms with Crippen molar-refractivity contribution in [3.63, 3.8) is 0 Å². The average molecular weight is 294 g/mol. The van der Waals surface area contributed by atoms with Gasteiger partial charge < -0.3 is 0 Å². The number of hydrogen-bond donors (Lipinski definition) is 0. The second-order valence-electron chi connectivity index (χ2n) is 6.62. The van der Waals surface area contributed by atoms with Crippen LogP contribution < -0.4 is 0 Å². The summed E-state index contributed by atoms with van der Waals surface area (Å²) in [6.45, 7) is 6.58. The summed E-state index contributed by atoms with van der Waals surface area (Å²) in [6.07, 6.45) is 0. The van der Waals surface area contributed by atoms with Crippen LogP contribution in [0.15, 0.2) is 48.5 Å². The molecule has 0 saturated carbocycles. The first-order valence-electron chi connectivity index (χ1n) is 8.09. The molecule has 0 N–H and O–H groups in total. The monoisotopic (exact) mass is 294 g/mol.